The van der Waals surface area contributed by atoms with Crippen molar-refractivity contribution in [2.45, 2.75) is 59.4 Å². The van der Waals surface area contributed by atoms with Crippen molar-refractivity contribution in [2.75, 3.05) is 0 Å². The van der Waals surface area contributed by atoms with Gasteiger partial charge in [-0.05, 0) is 39.3 Å². The Balaban J connectivity index is 2.14. The monoisotopic (exact) mass is 313 g/mol. The zero-order valence-electron chi connectivity index (χ0n) is 14.6. The van der Waals surface area contributed by atoms with E-state index in [1.807, 2.05) is 48.9 Å². The first-order valence-corrected chi connectivity index (χ1v) is 8.47. The Labute approximate surface area is 138 Å². The molecule has 0 aliphatic heterocycles. The number of nitrogens with one attached hydrogen (secondary N) is 1. The van der Waals surface area contributed by atoms with Gasteiger partial charge in [-0.25, -0.2) is 4.68 Å². The molecule has 0 radical (unpaired) electrons. The lowest BCUT2D eigenvalue weighted by Crippen LogP contribution is -2.33. The first-order chi connectivity index (χ1) is 11.0. The molecule has 0 saturated heterocycles. The average Bonchev–Trinajstić information content (AvgIpc) is 2.83. The van der Waals surface area contributed by atoms with E-state index in [1.54, 1.807) is 0 Å². The number of para-hydroxylation sites is 1. The molecule has 1 aromatic carbocycles. The summed E-state index contributed by atoms with van der Waals surface area (Å²) in [5.41, 5.74) is 3.32. The summed E-state index contributed by atoms with van der Waals surface area (Å²) < 4.78 is 1.84. The molecule has 0 saturated carbocycles. The molecule has 4 nitrogen and oxygen atoms in total. The first kappa shape index (κ1) is 17.3. The number of carbonyl (C=O) groups is 1. The molecule has 1 amide bonds. The Morgan fingerprint density at radius 3 is 2.57 bits per heavy atom. The van der Waals surface area contributed by atoms with Crippen molar-refractivity contribution in [3.05, 3.63) is 47.3 Å². The highest BCUT2D eigenvalue weighted by Crippen LogP contribution is 2.18. The second kappa shape index (κ2) is 7.95. The fraction of sp³-hybridized carbons (Fsp3) is 0.474. The van der Waals surface area contributed by atoms with Crippen LogP contribution in [0.1, 0.15) is 61.3 Å². The SMILES string of the molecule is CCCCCC(C)NC(=O)c1c(C)nn(-c2ccccc2)c1C. The third-order valence-corrected chi connectivity index (χ3v) is 4.14. The van der Waals surface area contributed by atoms with Crippen molar-refractivity contribution in [2.24, 2.45) is 0 Å². The van der Waals surface area contributed by atoms with Crippen LogP contribution in [-0.4, -0.2) is 21.7 Å². The molecule has 1 unspecified atom stereocenters. The zero-order valence-corrected chi connectivity index (χ0v) is 14.6. The van der Waals surface area contributed by atoms with Gasteiger partial charge in [0, 0.05) is 6.04 Å². The molecule has 0 bridgehead atoms. The Bertz CT molecular complexity index is 646. The van der Waals surface area contributed by atoms with Crippen LogP contribution in [-0.2, 0) is 0 Å². The molecule has 1 aromatic heterocycles. The van der Waals surface area contributed by atoms with Gasteiger partial charge in [-0.3, -0.25) is 4.79 Å². The number of hydrogen-bond donors (Lipinski definition) is 1. The number of aryl methyl sites for hydroxylation is 1. The standard InChI is InChI=1S/C19H27N3O/c1-5-6-8-11-14(2)20-19(23)18-15(3)21-22(16(18)4)17-12-9-7-10-13-17/h7,9-10,12-14H,5-6,8,11H2,1-4H3,(H,20,23). The van der Waals surface area contributed by atoms with Crippen molar-refractivity contribution in [3.63, 3.8) is 0 Å². The summed E-state index contributed by atoms with van der Waals surface area (Å²) in [5.74, 6) is -0.0221. The van der Waals surface area contributed by atoms with E-state index in [2.05, 4.69) is 24.3 Å². The number of amides is 1. The lowest BCUT2D eigenvalue weighted by Gasteiger charge is -2.14. The summed E-state index contributed by atoms with van der Waals surface area (Å²) in [6.45, 7) is 8.10. The van der Waals surface area contributed by atoms with Gasteiger partial charge in [0.2, 0.25) is 0 Å². The van der Waals surface area contributed by atoms with E-state index in [-0.39, 0.29) is 11.9 Å². The van der Waals surface area contributed by atoms with E-state index in [1.165, 1.54) is 12.8 Å². The number of aromatic nitrogens is 2. The summed E-state index contributed by atoms with van der Waals surface area (Å²) in [5, 5.41) is 7.65. The van der Waals surface area contributed by atoms with E-state index >= 15 is 0 Å². The number of rotatable bonds is 7. The average molecular weight is 313 g/mol. The molecule has 124 valence electrons. The summed E-state index contributed by atoms with van der Waals surface area (Å²) in [6.07, 6.45) is 4.58. The quantitative estimate of drug-likeness (QED) is 0.779. The largest absolute Gasteiger partial charge is 0.349 e. The highest BCUT2D eigenvalue weighted by molar-refractivity contribution is 5.96. The fourth-order valence-electron chi connectivity index (χ4n) is 2.86. The maximum atomic E-state index is 12.6. The van der Waals surface area contributed by atoms with E-state index in [4.69, 9.17) is 0 Å². The fourth-order valence-corrected chi connectivity index (χ4v) is 2.86. The summed E-state index contributed by atoms with van der Waals surface area (Å²) >= 11 is 0. The van der Waals surface area contributed by atoms with Crippen LogP contribution in [0, 0.1) is 13.8 Å². The molecule has 0 spiro atoms. The highest BCUT2D eigenvalue weighted by Gasteiger charge is 2.20. The van der Waals surface area contributed by atoms with Crippen LogP contribution in [0.25, 0.3) is 5.69 Å². The van der Waals surface area contributed by atoms with E-state index in [0.29, 0.717) is 5.56 Å². The second-order valence-corrected chi connectivity index (χ2v) is 6.16. The summed E-state index contributed by atoms with van der Waals surface area (Å²) in [6, 6.07) is 10.1. The van der Waals surface area contributed by atoms with Crippen LogP contribution in [0.5, 0.6) is 0 Å². The molecule has 1 heterocycles. The first-order valence-electron chi connectivity index (χ1n) is 8.47. The molecule has 0 fully saturated rings. The number of hydrogen-bond acceptors (Lipinski definition) is 2. The Hall–Kier alpha value is -2.10. The molecule has 2 rings (SSSR count). The van der Waals surface area contributed by atoms with Gasteiger partial charge in [0.05, 0.1) is 22.6 Å². The molecular weight excluding hydrogens is 286 g/mol. The predicted molar refractivity (Wildman–Crippen MR) is 94.1 cm³/mol. The smallest absolute Gasteiger partial charge is 0.255 e. The van der Waals surface area contributed by atoms with Crippen LogP contribution >= 0.6 is 0 Å². The Kier molecular flexibility index (Phi) is 5.97. The van der Waals surface area contributed by atoms with Gasteiger partial charge >= 0.3 is 0 Å². The van der Waals surface area contributed by atoms with Crippen LogP contribution in [0.15, 0.2) is 30.3 Å². The van der Waals surface area contributed by atoms with Gasteiger partial charge in [0.15, 0.2) is 0 Å². The lowest BCUT2D eigenvalue weighted by molar-refractivity contribution is 0.0936. The third-order valence-electron chi connectivity index (χ3n) is 4.14. The minimum atomic E-state index is -0.0221. The molecule has 1 atom stereocenters. The van der Waals surface area contributed by atoms with Crippen molar-refractivity contribution < 1.29 is 4.79 Å². The van der Waals surface area contributed by atoms with Gasteiger partial charge in [-0.1, -0.05) is 44.4 Å². The molecule has 0 aliphatic carbocycles. The molecule has 2 aromatic rings. The molecule has 4 heteroatoms. The zero-order chi connectivity index (χ0) is 16.8. The van der Waals surface area contributed by atoms with E-state index in [9.17, 15) is 4.79 Å². The normalized spacial score (nSPS) is 12.2. The van der Waals surface area contributed by atoms with Gasteiger partial charge in [-0.2, -0.15) is 5.10 Å². The van der Waals surface area contributed by atoms with Gasteiger partial charge in [0.25, 0.3) is 5.91 Å². The highest BCUT2D eigenvalue weighted by atomic mass is 16.1. The minimum absolute atomic E-state index is 0.0221. The van der Waals surface area contributed by atoms with Crippen molar-refractivity contribution >= 4 is 5.91 Å². The summed E-state index contributed by atoms with van der Waals surface area (Å²) in [4.78, 5) is 12.6. The van der Waals surface area contributed by atoms with E-state index < -0.39 is 0 Å². The predicted octanol–water partition coefficient (Wildman–Crippen LogP) is 4.19. The number of nitrogens with zero attached hydrogens (tertiary/aromatic N) is 2. The number of unbranched alkanes of at least 4 members (excludes halogenated alkanes) is 2. The van der Waals surface area contributed by atoms with Crippen molar-refractivity contribution in [1.29, 1.82) is 0 Å². The lowest BCUT2D eigenvalue weighted by atomic mass is 10.1. The number of carbonyl (C=O) groups excluding carboxylic acids is 1. The van der Waals surface area contributed by atoms with E-state index in [0.717, 1.165) is 29.9 Å². The number of benzene rings is 1. The van der Waals surface area contributed by atoms with Gasteiger partial charge in [0.1, 0.15) is 0 Å². The van der Waals surface area contributed by atoms with Crippen LogP contribution in [0.4, 0.5) is 0 Å². The van der Waals surface area contributed by atoms with Crippen LogP contribution in [0.2, 0.25) is 0 Å². The molecular formula is C19H27N3O. The third kappa shape index (κ3) is 4.21. The Morgan fingerprint density at radius 2 is 1.91 bits per heavy atom. The van der Waals surface area contributed by atoms with Crippen molar-refractivity contribution in [3.8, 4) is 5.69 Å². The van der Waals surface area contributed by atoms with Gasteiger partial charge in [-0.15, -0.1) is 0 Å². The topological polar surface area (TPSA) is 46.9 Å². The maximum absolute atomic E-state index is 12.6. The minimum Gasteiger partial charge on any atom is -0.349 e. The van der Waals surface area contributed by atoms with Crippen LogP contribution in [0.3, 0.4) is 0 Å². The van der Waals surface area contributed by atoms with Crippen molar-refractivity contribution in [1.82, 2.24) is 15.1 Å². The molecule has 23 heavy (non-hydrogen) atoms. The maximum Gasteiger partial charge on any atom is 0.255 e. The second-order valence-electron chi connectivity index (χ2n) is 6.16. The van der Waals surface area contributed by atoms with Crippen LogP contribution < -0.4 is 5.32 Å². The summed E-state index contributed by atoms with van der Waals surface area (Å²) in [7, 11) is 0. The molecule has 1 N–H and O–H groups in total. The molecule has 0 aliphatic rings. The Morgan fingerprint density at radius 1 is 1.22 bits per heavy atom. The van der Waals surface area contributed by atoms with Gasteiger partial charge < -0.3 is 5.32 Å².